The molecule has 5 heteroatoms. The Labute approximate surface area is 128 Å². The minimum absolute atomic E-state index is 0.216. The van der Waals surface area contributed by atoms with Crippen LogP contribution in [0, 0.1) is 5.82 Å². The van der Waals surface area contributed by atoms with E-state index >= 15 is 0 Å². The van der Waals surface area contributed by atoms with Gasteiger partial charge in [-0.05, 0) is 30.3 Å². The summed E-state index contributed by atoms with van der Waals surface area (Å²) in [6.07, 6.45) is 3.51. The normalized spacial score (nSPS) is 13.7. The van der Waals surface area contributed by atoms with Crippen molar-refractivity contribution >= 4 is 17.4 Å². The fourth-order valence-corrected chi connectivity index (χ4v) is 2.61. The van der Waals surface area contributed by atoms with Crippen molar-refractivity contribution < 1.29 is 9.18 Å². The predicted molar refractivity (Wildman–Crippen MR) is 84.7 cm³/mol. The van der Waals surface area contributed by atoms with E-state index in [2.05, 4.69) is 16.5 Å². The van der Waals surface area contributed by atoms with E-state index in [1.807, 2.05) is 12.1 Å². The number of pyridine rings is 1. The molecular weight excluding hydrogens is 281 g/mol. The lowest BCUT2D eigenvalue weighted by Crippen LogP contribution is -2.44. The maximum absolute atomic E-state index is 13.4. The monoisotopic (exact) mass is 297 g/mol. The fourth-order valence-electron chi connectivity index (χ4n) is 2.61. The highest BCUT2D eigenvalue weighted by Gasteiger charge is 2.27. The zero-order chi connectivity index (χ0) is 15.5. The summed E-state index contributed by atoms with van der Waals surface area (Å²) in [4.78, 5) is 20.8. The number of hydrogen-bond acceptors (Lipinski definition) is 3. The van der Waals surface area contributed by atoms with Crippen LogP contribution in [0.2, 0.25) is 0 Å². The molecule has 0 aliphatic carbocycles. The Morgan fingerprint density at radius 1 is 1.32 bits per heavy atom. The minimum atomic E-state index is -0.414. The Kier molecular flexibility index (Phi) is 3.87. The number of halogens is 1. The molecule has 22 heavy (non-hydrogen) atoms. The van der Waals surface area contributed by atoms with Crippen LogP contribution in [0.15, 0.2) is 55.3 Å². The third-order valence-electron chi connectivity index (χ3n) is 3.62. The van der Waals surface area contributed by atoms with Gasteiger partial charge >= 0.3 is 0 Å². The molecule has 0 bridgehead atoms. The van der Waals surface area contributed by atoms with Gasteiger partial charge in [0.1, 0.15) is 5.82 Å². The SMILES string of the molecule is C=CCN1CCN(C(=O)c2cccc(F)c2)c2cccnc21. The Morgan fingerprint density at radius 2 is 2.18 bits per heavy atom. The minimum Gasteiger partial charge on any atom is -0.349 e. The Morgan fingerprint density at radius 3 is 2.95 bits per heavy atom. The third-order valence-corrected chi connectivity index (χ3v) is 3.62. The molecule has 1 amide bonds. The van der Waals surface area contributed by atoms with Crippen LogP contribution in [-0.4, -0.2) is 30.5 Å². The number of anilines is 2. The van der Waals surface area contributed by atoms with Crippen molar-refractivity contribution in [3.05, 3.63) is 66.6 Å². The van der Waals surface area contributed by atoms with Crippen LogP contribution in [0.4, 0.5) is 15.9 Å². The average molecular weight is 297 g/mol. The second-order valence-corrected chi connectivity index (χ2v) is 5.05. The number of nitrogens with zero attached hydrogens (tertiary/aromatic N) is 3. The predicted octanol–water partition coefficient (Wildman–Crippen LogP) is 2.87. The van der Waals surface area contributed by atoms with E-state index in [1.54, 1.807) is 29.3 Å². The van der Waals surface area contributed by atoms with E-state index < -0.39 is 5.82 Å². The van der Waals surface area contributed by atoms with Crippen LogP contribution >= 0.6 is 0 Å². The van der Waals surface area contributed by atoms with Crippen molar-refractivity contribution in [2.75, 3.05) is 29.4 Å². The second-order valence-electron chi connectivity index (χ2n) is 5.05. The first-order valence-electron chi connectivity index (χ1n) is 7.09. The highest BCUT2D eigenvalue weighted by molar-refractivity contribution is 6.08. The molecular formula is C17H16FN3O. The van der Waals surface area contributed by atoms with Crippen LogP contribution in [-0.2, 0) is 0 Å². The van der Waals surface area contributed by atoms with Crippen molar-refractivity contribution in [1.29, 1.82) is 0 Å². The Bertz CT molecular complexity index is 717. The molecule has 1 aromatic carbocycles. The molecule has 0 atom stereocenters. The largest absolute Gasteiger partial charge is 0.349 e. The van der Waals surface area contributed by atoms with Crippen molar-refractivity contribution in [2.45, 2.75) is 0 Å². The van der Waals surface area contributed by atoms with Crippen LogP contribution in [0.1, 0.15) is 10.4 Å². The zero-order valence-electron chi connectivity index (χ0n) is 12.1. The molecule has 112 valence electrons. The molecule has 1 aromatic heterocycles. The third kappa shape index (κ3) is 2.57. The lowest BCUT2D eigenvalue weighted by Gasteiger charge is -2.36. The van der Waals surface area contributed by atoms with Crippen molar-refractivity contribution in [1.82, 2.24) is 4.98 Å². The first-order chi connectivity index (χ1) is 10.7. The number of carbonyl (C=O) groups excluding carboxylic acids is 1. The molecule has 0 spiro atoms. The maximum atomic E-state index is 13.4. The van der Waals surface area contributed by atoms with Crippen LogP contribution in [0.25, 0.3) is 0 Å². The maximum Gasteiger partial charge on any atom is 0.258 e. The Balaban J connectivity index is 1.96. The van der Waals surface area contributed by atoms with Gasteiger partial charge in [0.15, 0.2) is 5.82 Å². The van der Waals surface area contributed by atoms with E-state index in [0.717, 1.165) is 11.5 Å². The van der Waals surface area contributed by atoms with Gasteiger partial charge in [0, 0.05) is 31.4 Å². The smallest absolute Gasteiger partial charge is 0.258 e. The summed E-state index contributed by atoms with van der Waals surface area (Å²) in [7, 11) is 0. The summed E-state index contributed by atoms with van der Waals surface area (Å²) < 4.78 is 13.4. The molecule has 0 N–H and O–H groups in total. The summed E-state index contributed by atoms with van der Waals surface area (Å²) in [5.74, 6) is 0.118. The van der Waals surface area contributed by atoms with Gasteiger partial charge in [0.25, 0.3) is 5.91 Å². The van der Waals surface area contributed by atoms with Crippen LogP contribution < -0.4 is 9.80 Å². The summed E-state index contributed by atoms with van der Waals surface area (Å²) in [6, 6.07) is 9.40. The quantitative estimate of drug-likeness (QED) is 0.817. The molecule has 0 fully saturated rings. The van der Waals surface area contributed by atoms with Gasteiger partial charge in [-0.2, -0.15) is 0 Å². The zero-order valence-corrected chi connectivity index (χ0v) is 12.1. The van der Waals surface area contributed by atoms with E-state index in [-0.39, 0.29) is 5.91 Å². The van der Waals surface area contributed by atoms with Gasteiger partial charge < -0.3 is 9.80 Å². The molecule has 1 aliphatic rings. The highest BCUT2D eigenvalue weighted by Crippen LogP contribution is 2.31. The molecule has 0 unspecified atom stereocenters. The number of benzene rings is 1. The molecule has 0 saturated carbocycles. The number of fused-ring (bicyclic) bond motifs is 1. The molecule has 3 rings (SSSR count). The number of aromatic nitrogens is 1. The number of rotatable bonds is 3. The lowest BCUT2D eigenvalue weighted by atomic mass is 10.1. The van der Waals surface area contributed by atoms with Gasteiger partial charge in [-0.25, -0.2) is 9.37 Å². The molecule has 1 aliphatic heterocycles. The standard InChI is InChI=1S/C17H16FN3O/c1-2-9-20-10-11-21(15-7-4-8-19-16(15)20)17(22)13-5-3-6-14(18)12-13/h2-8,12H,1,9-11H2. The first-order valence-corrected chi connectivity index (χ1v) is 7.09. The number of hydrogen-bond donors (Lipinski definition) is 0. The fraction of sp³-hybridized carbons (Fsp3) is 0.176. The summed E-state index contributed by atoms with van der Waals surface area (Å²) in [5, 5.41) is 0. The topological polar surface area (TPSA) is 36.4 Å². The van der Waals surface area contributed by atoms with Crippen molar-refractivity contribution in [2.24, 2.45) is 0 Å². The second kappa shape index (κ2) is 5.97. The lowest BCUT2D eigenvalue weighted by molar-refractivity contribution is 0.0986. The Hall–Kier alpha value is -2.69. The van der Waals surface area contributed by atoms with Gasteiger partial charge in [-0.3, -0.25) is 4.79 Å². The number of carbonyl (C=O) groups is 1. The molecule has 4 nitrogen and oxygen atoms in total. The number of amides is 1. The molecule has 0 saturated heterocycles. The first kappa shape index (κ1) is 14.3. The average Bonchev–Trinajstić information content (AvgIpc) is 2.55. The van der Waals surface area contributed by atoms with Crippen molar-refractivity contribution in [3.8, 4) is 0 Å². The van der Waals surface area contributed by atoms with Gasteiger partial charge in [0.2, 0.25) is 0 Å². The molecule has 0 radical (unpaired) electrons. The van der Waals surface area contributed by atoms with Gasteiger partial charge in [0.05, 0.1) is 5.69 Å². The van der Waals surface area contributed by atoms with E-state index in [1.165, 1.54) is 12.1 Å². The highest BCUT2D eigenvalue weighted by atomic mass is 19.1. The summed E-state index contributed by atoms with van der Waals surface area (Å²) in [5.41, 5.74) is 1.08. The van der Waals surface area contributed by atoms with E-state index in [9.17, 15) is 9.18 Å². The summed E-state index contributed by atoms with van der Waals surface area (Å²) >= 11 is 0. The summed E-state index contributed by atoms with van der Waals surface area (Å²) in [6.45, 7) is 5.61. The van der Waals surface area contributed by atoms with E-state index in [0.29, 0.717) is 25.2 Å². The van der Waals surface area contributed by atoms with Gasteiger partial charge in [-0.1, -0.05) is 12.1 Å². The van der Waals surface area contributed by atoms with Crippen LogP contribution in [0.5, 0.6) is 0 Å². The van der Waals surface area contributed by atoms with Crippen molar-refractivity contribution in [3.63, 3.8) is 0 Å². The van der Waals surface area contributed by atoms with Crippen LogP contribution in [0.3, 0.4) is 0 Å². The molecule has 2 aromatic rings. The van der Waals surface area contributed by atoms with Gasteiger partial charge in [-0.15, -0.1) is 6.58 Å². The molecule has 2 heterocycles. The van der Waals surface area contributed by atoms with E-state index in [4.69, 9.17) is 0 Å².